The maximum atomic E-state index is 12.4. The van der Waals surface area contributed by atoms with Crippen LogP contribution in [-0.4, -0.2) is 35.2 Å². The molecule has 0 spiro atoms. The summed E-state index contributed by atoms with van der Waals surface area (Å²) in [5.74, 6) is 1.12. The van der Waals surface area contributed by atoms with Gasteiger partial charge in [-0.2, -0.15) is 4.98 Å². The topological polar surface area (TPSA) is 130 Å². The van der Waals surface area contributed by atoms with E-state index in [1.807, 2.05) is 0 Å². The Balaban J connectivity index is 1.72. The number of amides is 1. The normalized spacial score (nSPS) is 10.4. The van der Waals surface area contributed by atoms with Gasteiger partial charge in [0.1, 0.15) is 0 Å². The molecule has 3 aromatic rings. The van der Waals surface area contributed by atoms with Gasteiger partial charge >= 0.3 is 0 Å². The van der Waals surface area contributed by atoms with Crippen LogP contribution in [0.2, 0.25) is 0 Å². The van der Waals surface area contributed by atoms with E-state index in [1.54, 1.807) is 18.2 Å². The molecule has 1 heterocycles. The van der Waals surface area contributed by atoms with E-state index in [9.17, 15) is 14.9 Å². The second-order valence-electron chi connectivity index (χ2n) is 5.97. The third-order valence-corrected chi connectivity index (χ3v) is 4.26. The van der Waals surface area contributed by atoms with Crippen molar-refractivity contribution >= 4 is 11.6 Å². The fourth-order valence-electron chi connectivity index (χ4n) is 2.74. The van der Waals surface area contributed by atoms with Crippen molar-refractivity contribution in [3.05, 3.63) is 63.5 Å². The minimum atomic E-state index is -0.528. The first-order valence-electron chi connectivity index (χ1n) is 8.51. The standard InChI is InChI=1S/C19H18N4O6/c1-11-13(5-4-6-14(11)23(25)26)19(24)20-10-17-21-18(22-29-17)12-7-8-15(27-2)16(9-12)28-3/h4-9H,10H2,1-3H3,(H,20,24). The summed E-state index contributed by atoms with van der Waals surface area (Å²) in [5.41, 5.74) is 1.02. The van der Waals surface area contributed by atoms with Crippen molar-refractivity contribution in [2.45, 2.75) is 13.5 Å². The summed E-state index contributed by atoms with van der Waals surface area (Å²) in [4.78, 5) is 27.1. The monoisotopic (exact) mass is 398 g/mol. The van der Waals surface area contributed by atoms with Crippen LogP contribution < -0.4 is 14.8 Å². The SMILES string of the molecule is COc1ccc(-c2noc(CNC(=O)c3cccc([N+](=O)[O-])c3C)n2)cc1OC. The summed E-state index contributed by atoms with van der Waals surface area (Å²) in [6.45, 7) is 1.50. The number of hydrogen-bond acceptors (Lipinski definition) is 8. The van der Waals surface area contributed by atoms with Gasteiger partial charge in [-0.05, 0) is 31.2 Å². The van der Waals surface area contributed by atoms with Crippen molar-refractivity contribution in [2.24, 2.45) is 0 Å². The number of methoxy groups -OCH3 is 2. The predicted octanol–water partition coefficient (Wildman–Crippen LogP) is 2.90. The average molecular weight is 398 g/mol. The van der Waals surface area contributed by atoms with E-state index < -0.39 is 10.8 Å². The first kappa shape index (κ1) is 19.8. The smallest absolute Gasteiger partial charge is 0.273 e. The molecule has 2 aromatic carbocycles. The minimum absolute atomic E-state index is 0.0265. The molecule has 0 saturated heterocycles. The highest BCUT2D eigenvalue weighted by molar-refractivity contribution is 5.96. The molecule has 10 nitrogen and oxygen atoms in total. The van der Waals surface area contributed by atoms with Gasteiger partial charge in [-0.25, -0.2) is 0 Å². The number of ether oxygens (including phenoxy) is 2. The highest BCUT2D eigenvalue weighted by Crippen LogP contribution is 2.31. The average Bonchev–Trinajstić information content (AvgIpc) is 3.20. The number of nitro benzene ring substituents is 1. The van der Waals surface area contributed by atoms with Crippen LogP contribution in [0.25, 0.3) is 11.4 Å². The molecular formula is C19H18N4O6. The predicted molar refractivity (Wildman–Crippen MR) is 102 cm³/mol. The highest BCUT2D eigenvalue weighted by atomic mass is 16.6. The molecule has 0 atom stereocenters. The van der Waals surface area contributed by atoms with Gasteiger partial charge in [0.15, 0.2) is 11.5 Å². The quantitative estimate of drug-likeness (QED) is 0.475. The minimum Gasteiger partial charge on any atom is -0.493 e. The number of nitrogens with one attached hydrogen (secondary N) is 1. The molecule has 150 valence electrons. The molecule has 0 radical (unpaired) electrons. The van der Waals surface area contributed by atoms with E-state index in [4.69, 9.17) is 14.0 Å². The zero-order valence-corrected chi connectivity index (χ0v) is 16.0. The fourth-order valence-corrected chi connectivity index (χ4v) is 2.74. The molecule has 0 fully saturated rings. The summed E-state index contributed by atoms with van der Waals surface area (Å²) in [6.07, 6.45) is 0. The molecule has 1 N–H and O–H groups in total. The van der Waals surface area contributed by atoms with E-state index in [-0.39, 0.29) is 29.2 Å². The number of nitrogens with zero attached hydrogens (tertiary/aromatic N) is 3. The second-order valence-corrected chi connectivity index (χ2v) is 5.97. The number of aromatic nitrogens is 2. The van der Waals surface area contributed by atoms with Crippen LogP contribution >= 0.6 is 0 Å². The first-order valence-corrected chi connectivity index (χ1v) is 8.51. The highest BCUT2D eigenvalue weighted by Gasteiger charge is 2.19. The largest absolute Gasteiger partial charge is 0.493 e. The number of carbonyl (C=O) groups is 1. The Morgan fingerprint density at radius 3 is 2.66 bits per heavy atom. The van der Waals surface area contributed by atoms with E-state index >= 15 is 0 Å². The molecule has 0 saturated carbocycles. The molecule has 0 aliphatic carbocycles. The zero-order chi connectivity index (χ0) is 21.0. The van der Waals surface area contributed by atoms with E-state index in [2.05, 4.69) is 15.5 Å². The number of benzene rings is 2. The van der Waals surface area contributed by atoms with Crippen molar-refractivity contribution in [3.8, 4) is 22.9 Å². The van der Waals surface area contributed by atoms with Crippen molar-refractivity contribution in [1.82, 2.24) is 15.5 Å². The Kier molecular flexibility index (Phi) is 5.72. The second kappa shape index (κ2) is 8.38. The third-order valence-electron chi connectivity index (χ3n) is 4.26. The van der Waals surface area contributed by atoms with Crippen LogP contribution in [0, 0.1) is 17.0 Å². The number of rotatable bonds is 7. The summed E-state index contributed by atoms with van der Waals surface area (Å²) < 4.78 is 15.6. The third kappa shape index (κ3) is 4.15. The van der Waals surface area contributed by atoms with Crippen LogP contribution in [0.4, 0.5) is 5.69 Å². The van der Waals surface area contributed by atoms with E-state index in [0.29, 0.717) is 22.9 Å². The summed E-state index contributed by atoms with van der Waals surface area (Å²) in [5, 5.41) is 17.5. The Bertz CT molecular complexity index is 1060. The summed E-state index contributed by atoms with van der Waals surface area (Å²) in [7, 11) is 3.06. The lowest BCUT2D eigenvalue weighted by Gasteiger charge is -2.07. The molecular weight excluding hydrogens is 380 g/mol. The lowest BCUT2D eigenvalue weighted by Crippen LogP contribution is -2.24. The van der Waals surface area contributed by atoms with Gasteiger partial charge in [0, 0.05) is 22.8 Å². The Morgan fingerprint density at radius 1 is 1.21 bits per heavy atom. The Labute approximate surface area is 165 Å². The molecule has 3 rings (SSSR count). The number of carbonyl (C=O) groups excluding carboxylic acids is 1. The maximum absolute atomic E-state index is 12.4. The van der Waals surface area contributed by atoms with Crippen LogP contribution in [0.5, 0.6) is 11.5 Å². The molecule has 1 amide bonds. The molecule has 0 aliphatic heterocycles. The van der Waals surface area contributed by atoms with Gasteiger partial charge in [-0.3, -0.25) is 14.9 Å². The van der Waals surface area contributed by atoms with Crippen molar-refractivity contribution < 1.29 is 23.7 Å². The molecule has 0 bridgehead atoms. The summed E-state index contributed by atoms with van der Waals surface area (Å²) >= 11 is 0. The Hall–Kier alpha value is -3.95. The van der Waals surface area contributed by atoms with Crippen LogP contribution in [0.3, 0.4) is 0 Å². The van der Waals surface area contributed by atoms with E-state index in [1.165, 1.54) is 39.3 Å². The van der Waals surface area contributed by atoms with E-state index in [0.717, 1.165) is 0 Å². The van der Waals surface area contributed by atoms with Gasteiger partial charge in [0.2, 0.25) is 11.7 Å². The zero-order valence-electron chi connectivity index (χ0n) is 16.0. The molecule has 0 unspecified atom stereocenters. The number of nitro groups is 1. The van der Waals surface area contributed by atoms with Crippen LogP contribution in [0.15, 0.2) is 40.9 Å². The molecule has 0 aliphatic rings. The fraction of sp³-hybridized carbons (Fsp3) is 0.211. The van der Waals surface area contributed by atoms with Crippen LogP contribution in [-0.2, 0) is 6.54 Å². The van der Waals surface area contributed by atoms with Crippen molar-refractivity contribution in [3.63, 3.8) is 0 Å². The van der Waals surface area contributed by atoms with Crippen molar-refractivity contribution in [1.29, 1.82) is 0 Å². The lowest BCUT2D eigenvalue weighted by atomic mass is 10.1. The number of hydrogen-bond donors (Lipinski definition) is 1. The summed E-state index contributed by atoms with van der Waals surface area (Å²) in [6, 6.07) is 9.50. The Morgan fingerprint density at radius 2 is 1.97 bits per heavy atom. The maximum Gasteiger partial charge on any atom is 0.273 e. The van der Waals surface area contributed by atoms with Gasteiger partial charge in [0.25, 0.3) is 11.6 Å². The van der Waals surface area contributed by atoms with Crippen molar-refractivity contribution in [2.75, 3.05) is 14.2 Å². The van der Waals surface area contributed by atoms with Gasteiger partial charge in [0.05, 0.1) is 25.7 Å². The first-order chi connectivity index (χ1) is 13.9. The molecule has 10 heteroatoms. The van der Waals surface area contributed by atoms with Gasteiger partial charge in [-0.1, -0.05) is 11.2 Å². The van der Waals surface area contributed by atoms with Crippen LogP contribution in [0.1, 0.15) is 21.8 Å². The molecule has 29 heavy (non-hydrogen) atoms. The molecule has 1 aromatic heterocycles. The van der Waals surface area contributed by atoms with Gasteiger partial charge < -0.3 is 19.3 Å². The lowest BCUT2D eigenvalue weighted by molar-refractivity contribution is -0.385. The van der Waals surface area contributed by atoms with Gasteiger partial charge in [-0.15, -0.1) is 0 Å².